The summed E-state index contributed by atoms with van der Waals surface area (Å²) >= 11 is 0. The second-order valence-electron chi connectivity index (χ2n) is 1.81. The molecule has 1 nitrogen and oxygen atoms in total. The molecule has 7 heavy (non-hydrogen) atoms. The summed E-state index contributed by atoms with van der Waals surface area (Å²) in [6, 6.07) is 0. The number of carbonyl (C=O) groups is 1. The van der Waals surface area contributed by atoms with E-state index in [1.165, 1.54) is 0 Å². The van der Waals surface area contributed by atoms with E-state index >= 15 is 0 Å². The molecule has 0 heterocycles. The van der Waals surface area contributed by atoms with Gasteiger partial charge in [0, 0.05) is 5.92 Å². The highest BCUT2D eigenvalue weighted by atomic mass is 16.1. The van der Waals surface area contributed by atoms with Gasteiger partial charge in [-0.1, -0.05) is 12.2 Å². The lowest BCUT2D eigenvalue weighted by atomic mass is 10.2. The Labute approximate surface area is 43.0 Å². The van der Waals surface area contributed by atoms with Gasteiger partial charge in [-0.25, -0.2) is 0 Å². The van der Waals surface area contributed by atoms with Gasteiger partial charge in [0.25, 0.3) is 0 Å². The number of aldehydes is 1. The maximum Gasteiger partial charge on any atom is 0.126 e. The van der Waals surface area contributed by atoms with Crippen LogP contribution in [0.25, 0.3) is 0 Å². The van der Waals surface area contributed by atoms with E-state index in [0.717, 1.165) is 19.1 Å². The second kappa shape index (κ2) is 1.92. The highest BCUT2D eigenvalue weighted by Crippen LogP contribution is 2.13. The Bertz CT molecular complexity index is 94.4. The molecule has 0 aliphatic heterocycles. The van der Waals surface area contributed by atoms with Gasteiger partial charge in [0.2, 0.25) is 0 Å². The van der Waals surface area contributed by atoms with Crippen molar-refractivity contribution in [3.8, 4) is 0 Å². The van der Waals surface area contributed by atoms with Gasteiger partial charge < -0.3 is 4.79 Å². The summed E-state index contributed by atoms with van der Waals surface area (Å²) in [5, 5.41) is 0. The molecule has 0 amide bonds. The van der Waals surface area contributed by atoms with Crippen LogP contribution in [0.1, 0.15) is 12.8 Å². The first kappa shape index (κ1) is 4.57. The van der Waals surface area contributed by atoms with Crippen molar-refractivity contribution in [1.82, 2.24) is 0 Å². The van der Waals surface area contributed by atoms with Crippen LogP contribution in [-0.2, 0) is 4.79 Å². The average Bonchev–Trinajstić information content (AvgIpc) is 2.14. The van der Waals surface area contributed by atoms with Crippen LogP contribution in [0.5, 0.6) is 0 Å². The van der Waals surface area contributed by atoms with Crippen LogP contribution in [0.4, 0.5) is 0 Å². The Morgan fingerprint density at radius 1 is 1.71 bits per heavy atom. The van der Waals surface area contributed by atoms with Crippen molar-refractivity contribution in [2.45, 2.75) is 12.8 Å². The van der Waals surface area contributed by atoms with Gasteiger partial charge in [-0.3, -0.25) is 0 Å². The molecule has 0 spiro atoms. The molecule has 0 N–H and O–H groups in total. The van der Waals surface area contributed by atoms with Gasteiger partial charge in [-0.05, 0) is 12.8 Å². The number of hydrogen-bond donors (Lipinski definition) is 0. The highest BCUT2D eigenvalue weighted by Gasteiger charge is 2.04. The maximum absolute atomic E-state index is 9.96. The van der Waals surface area contributed by atoms with Gasteiger partial charge in [-0.2, -0.15) is 0 Å². The van der Waals surface area contributed by atoms with E-state index in [1.807, 2.05) is 6.08 Å². The zero-order chi connectivity index (χ0) is 5.11. The summed E-state index contributed by atoms with van der Waals surface area (Å²) in [5.41, 5.74) is 0. The highest BCUT2D eigenvalue weighted by molar-refractivity contribution is 5.57. The monoisotopic (exact) mass is 96.1 g/mol. The van der Waals surface area contributed by atoms with E-state index in [1.54, 1.807) is 0 Å². The quantitative estimate of drug-likeness (QED) is 0.353. The molecule has 1 atom stereocenters. The molecule has 0 bridgehead atoms. The topological polar surface area (TPSA) is 17.1 Å². The predicted molar refractivity (Wildman–Crippen MR) is 27.9 cm³/mol. The molecule has 0 saturated carbocycles. The predicted octanol–water partition coefficient (Wildman–Crippen LogP) is 1.15. The van der Waals surface area contributed by atoms with Crippen LogP contribution in [0.2, 0.25) is 0 Å². The van der Waals surface area contributed by atoms with Crippen LogP contribution in [-0.4, -0.2) is 6.29 Å². The number of hydrogen-bond acceptors (Lipinski definition) is 1. The average molecular weight is 96.1 g/mol. The summed E-state index contributed by atoms with van der Waals surface area (Å²) in [4.78, 5) is 9.96. The number of carbonyl (C=O) groups excluding carboxylic acids is 1. The minimum absolute atomic E-state index is 0.236. The molecular formula is C6H8O. The fraction of sp³-hybridized carbons (Fsp3) is 0.500. The lowest BCUT2D eigenvalue weighted by Crippen LogP contribution is -1.89. The van der Waals surface area contributed by atoms with Crippen molar-refractivity contribution >= 4 is 6.29 Å². The van der Waals surface area contributed by atoms with Gasteiger partial charge in [-0.15, -0.1) is 0 Å². The zero-order valence-electron chi connectivity index (χ0n) is 4.13. The molecule has 0 aromatic carbocycles. The second-order valence-corrected chi connectivity index (χ2v) is 1.81. The van der Waals surface area contributed by atoms with Crippen LogP contribution < -0.4 is 0 Å². The lowest BCUT2D eigenvalue weighted by Gasteiger charge is -1.88. The molecule has 38 valence electrons. The molecule has 0 unspecified atom stereocenters. The summed E-state index contributed by atoms with van der Waals surface area (Å²) < 4.78 is 0. The SMILES string of the molecule is O=C[C@@H]1C=CCC1. The van der Waals surface area contributed by atoms with Crippen LogP contribution in [0, 0.1) is 5.92 Å². The summed E-state index contributed by atoms with van der Waals surface area (Å²) in [6.07, 6.45) is 7.14. The van der Waals surface area contributed by atoms with Crippen LogP contribution >= 0.6 is 0 Å². The molecule has 1 rings (SSSR count). The third-order valence-electron chi connectivity index (χ3n) is 1.22. The molecular weight excluding hydrogens is 88.1 g/mol. The fourth-order valence-electron chi connectivity index (χ4n) is 0.769. The first-order valence-corrected chi connectivity index (χ1v) is 2.55. The first-order valence-electron chi connectivity index (χ1n) is 2.55. The van der Waals surface area contributed by atoms with Crippen molar-refractivity contribution in [2.75, 3.05) is 0 Å². The Kier molecular flexibility index (Phi) is 1.25. The van der Waals surface area contributed by atoms with Crippen molar-refractivity contribution in [3.63, 3.8) is 0 Å². The summed E-state index contributed by atoms with van der Waals surface area (Å²) in [7, 11) is 0. The largest absolute Gasteiger partial charge is 0.303 e. The Hall–Kier alpha value is -0.590. The van der Waals surface area contributed by atoms with Crippen molar-refractivity contribution in [2.24, 2.45) is 5.92 Å². The normalized spacial score (nSPS) is 28.3. The van der Waals surface area contributed by atoms with Gasteiger partial charge in [0.1, 0.15) is 6.29 Å². The molecule has 1 aliphatic carbocycles. The smallest absolute Gasteiger partial charge is 0.126 e. The van der Waals surface area contributed by atoms with E-state index in [4.69, 9.17) is 0 Å². The lowest BCUT2D eigenvalue weighted by molar-refractivity contribution is -0.109. The van der Waals surface area contributed by atoms with Crippen molar-refractivity contribution in [1.29, 1.82) is 0 Å². The summed E-state index contributed by atoms with van der Waals surface area (Å²) in [6.45, 7) is 0. The summed E-state index contributed by atoms with van der Waals surface area (Å²) in [5.74, 6) is 0.236. The van der Waals surface area contributed by atoms with Gasteiger partial charge in [0.05, 0.1) is 0 Å². The van der Waals surface area contributed by atoms with Crippen molar-refractivity contribution < 1.29 is 4.79 Å². The number of rotatable bonds is 1. The minimum atomic E-state index is 0.236. The maximum atomic E-state index is 9.96. The van der Waals surface area contributed by atoms with Gasteiger partial charge >= 0.3 is 0 Å². The molecule has 0 fully saturated rings. The Morgan fingerprint density at radius 3 is 2.86 bits per heavy atom. The van der Waals surface area contributed by atoms with Crippen molar-refractivity contribution in [3.05, 3.63) is 12.2 Å². The molecule has 0 saturated heterocycles. The fourth-order valence-corrected chi connectivity index (χ4v) is 0.769. The van der Waals surface area contributed by atoms with Gasteiger partial charge in [0.15, 0.2) is 0 Å². The third-order valence-corrected chi connectivity index (χ3v) is 1.22. The van der Waals surface area contributed by atoms with E-state index in [-0.39, 0.29) is 5.92 Å². The molecule has 1 heteroatoms. The molecule has 0 radical (unpaired) electrons. The van der Waals surface area contributed by atoms with E-state index in [0.29, 0.717) is 0 Å². The van der Waals surface area contributed by atoms with Crippen LogP contribution in [0.3, 0.4) is 0 Å². The Morgan fingerprint density at radius 2 is 2.57 bits per heavy atom. The molecule has 0 aromatic rings. The zero-order valence-corrected chi connectivity index (χ0v) is 4.13. The molecule has 0 aromatic heterocycles. The van der Waals surface area contributed by atoms with Crippen LogP contribution in [0.15, 0.2) is 12.2 Å². The number of allylic oxidation sites excluding steroid dienone is 2. The minimum Gasteiger partial charge on any atom is -0.303 e. The molecule has 1 aliphatic rings. The van der Waals surface area contributed by atoms with E-state index < -0.39 is 0 Å². The standard InChI is InChI=1S/C6H8O/c7-5-6-3-1-2-4-6/h1,3,5-6H,2,4H2/t6-/m1/s1. The van der Waals surface area contributed by atoms with E-state index in [2.05, 4.69) is 6.08 Å². The third kappa shape index (κ3) is 0.889. The first-order chi connectivity index (χ1) is 3.43. The van der Waals surface area contributed by atoms with E-state index in [9.17, 15) is 4.79 Å². The Balaban J connectivity index is 2.42.